The molecule has 0 saturated heterocycles. The van der Waals surface area contributed by atoms with Gasteiger partial charge in [-0.05, 0) is 31.0 Å². The summed E-state index contributed by atoms with van der Waals surface area (Å²) >= 11 is 0. The van der Waals surface area contributed by atoms with Gasteiger partial charge < -0.3 is 15.8 Å². The molecule has 116 valence electrons. The number of rotatable bonds is 5. The first-order valence-corrected chi connectivity index (χ1v) is 6.86. The van der Waals surface area contributed by atoms with E-state index in [4.69, 9.17) is 11.6 Å². The van der Waals surface area contributed by atoms with E-state index in [9.17, 15) is 10.0 Å². The van der Waals surface area contributed by atoms with Crippen LogP contribution in [0.2, 0.25) is 0 Å². The molecule has 6 N–H and O–H groups in total. The van der Waals surface area contributed by atoms with Crippen LogP contribution in [0.4, 0.5) is 5.69 Å². The van der Waals surface area contributed by atoms with Crippen molar-refractivity contribution in [1.29, 1.82) is 0 Å². The van der Waals surface area contributed by atoms with E-state index < -0.39 is 0 Å². The zero-order valence-corrected chi connectivity index (χ0v) is 11.8. The topological polar surface area (TPSA) is 135 Å². The molecule has 9 heteroatoms. The van der Waals surface area contributed by atoms with Crippen LogP contribution in [0.5, 0.6) is 0 Å². The molecular formula is C13H17N7O2. The Morgan fingerprint density at radius 1 is 1.55 bits per heavy atom. The van der Waals surface area contributed by atoms with E-state index in [2.05, 4.69) is 15.7 Å². The summed E-state index contributed by atoms with van der Waals surface area (Å²) in [6, 6.07) is 5.21. The van der Waals surface area contributed by atoms with Crippen LogP contribution in [-0.2, 0) is 4.79 Å². The molecule has 1 aliphatic carbocycles. The number of hydrazine groups is 1. The summed E-state index contributed by atoms with van der Waals surface area (Å²) in [5.41, 5.74) is 9.11. The van der Waals surface area contributed by atoms with E-state index in [0.29, 0.717) is 11.2 Å². The fraction of sp³-hybridized carbons (Fsp3) is 0.308. The molecular weight excluding hydrogens is 286 g/mol. The van der Waals surface area contributed by atoms with Crippen molar-refractivity contribution in [3.05, 3.63) is 24.4 Å². The number of benzene rings is 1. The Balaban J connectivity index is 1.94. The van der Waals surface area contributed by atoms with Crippen LogP contribution in [-0.4, -0.2) is 33.4 Å². The monoisotopic (exact) mass is 303 g/mol. The normalized spacial score (nSPS) is 15.0. The number of hydrogen-bond acceptors (Lipinski definition) is 6. The van der Waals surface area contributed by atoms with E-state index in [-0.39, 0.29) is 24.2 Å². The molecule has 2 aromatic rings. The van der Waals surface area contributed by atoms with Crippen LogP contribution in [0.1, 0.15) is 12.8 Å². The second-order valence-electron chi connectivity index (χ2n) is 5.21. The number of nitrogens with two attached hydrogens (primary N) is 2. The molecule has 1 fully saturated rings. The standard InChI is InChI=1S/C13H17N7O2/c14-12(17-18-15)7-19(13(21)8-1-2-8)10-3-4-11-9(5-10)6-16-20(11)22/h3-6,8,18,22H,1-2,7,15H2,(H2,14,17). The van der Waals surface area contributed by atoms with E-state index in [1.54, 1.807) is 23.1 Å². The average Bonchev–Trinajstić information content (AvgIpc) is 3.29. The molecule has 22 heavy (non-hydrogen) atoms. The molecule has 1 aliphatic rings. The first-order valence-electron chi connectivity index (χ1n) is 6.86. The van der Waals surface area contributed by atoms with E-state index >= 15 is 0 Å². The summed E-state index contributed by atoms with van der Waals surface area (Å²) in [5, 5.41) is 17.7. The molecule has 1 amide bonds. The van der Waals surface area contributed by atoms with Gasteiger partial charge in [-0.2, -0.15) is 5.10 Å². The van der Waals surface area contributed by atoms with Crippen molar-refractivity contribution < 1.29 is 10.0 Å². The smallest absolute Gasteiger partial charge is 0.230 e. The van der Waals surface area contributed by atoms with Crippen LogP contribution >= 0.6 is 0 Å². The largest absolute Gasteiger partial charge is 0.411 e. The quantitative estimate of drug-likeness (QED) is 0.198. The molecule has 1 aromatic carbocycles. The Bertz CT molecular complexity index is 735. The average molecular weight is 303 g/mol. The number of amidine groups is 1. The van der Waals surface area contributed by atoms with E-state index in [1.807, 2.05) is 0 Å². The lowest BCUT2D eigenvalue weighted by atomic mass is 10.2. The molecule has 3 rings (SSSR count). The maximum atomic E-state index is 12.5. The molecule has 0 bridgehead atoms. The van der Waals surface area contributed by atoms with Crippen molar-refractivity contribution in [2.45, 2.75) is 12.8 Å². The SMILES string of the molecule is NN/N=C(\N)CN(C(=O)C1CC1)c1ccc2c(cnn2O)c1. The highest BCUT2D eigenvalue weighted by Crippen LogP contribution is 2.33. The summed E-state index contributed by atoms with van der Waals surface area (Å²) in [6.45, 7) is 0.137. The number of anilines is 1. The number of nitrogens with zero attached hydrogens (tertiary/aromatic N) is 4. The lowest BCUT2D eigenvalue weighted by molar-refractivity contribution is -0.119. The maximum absolute atomic E-state index is 12.5. The summed E-state index contributed by atoms with van der Waals surface area (Å²) in [4.78, 5) is 14.8. The van der Waals surface area contributed by atoms with Gasteiger partial charge in [0.15, 0.2) is 0 Å². The van der Waals surface area contributed by atoms with Gasteiger partial charge in [-0.1, -0.05) is 0 Å². The summed E-state index contributed by atoms with van der Waals surface area (Å²) in [5.74, 6) is 5.36. The number of carbonyl (C=O) groups excluding carboxylic acids is 1. The predicted molar refractivity (Wildman–Crippen MR) is 80.9 cm³/mol. The third kappa shape index (κ3) is 2.66. The fourth-order valence-corrected chi connectivity index (χ4v) is 2.30. The summed E-state index contributed by atoms with van der Waals surface area (Å²) < 4.78 is 0. The van der Waals surface area contributed by atoms with Crippen LogP contribution in [0.3, 0.4) is 0 Å². The van der Waals surface area contributed by atoms with E-state index in [1.165, 1.54) is 6.20 Å². The minimum atomic E-state index is 0.00547. The Labute approximate surface area is 126 Å². The molecule has 9 nitrogen and oxygen atoms in total. The molecule has 1 saturated carbocycles. The van der Waals surface area contributed by atoms with Crippen molar-refractivity contribution >= 4 is 28.3 Å². The third-order valence-corrected chi connectivity index (χ3v) is 3.57. The Hall–Kier alpha value is -2.81. The first kappa shape index (κ1) is 14.1. The van der Waals surface area contributed by atoms with Gasteiger partial charge >= 0.3 is 0 Å². The zero-order chi connectivity index (χ0) is 15.7. The number of amides is 1. The molecule has 0 aliphatic heterocycles. The van der Waals surface area contributed by atoms with Crippen molar-refractivity contribution in [2.24, 2.45) is 22.6 Å². The first-order chi connectivity index (χ1) is 10.6. The predicted octanol–water partition coefficient (Wildman–Crippen LogP) is -0.248. The highest BCUT2D eigenvalue weighted by Gasteiger charge is 2.34. The lowest BCUT2D eigenvalue weighted by Crippen LogP contribution is -2.40. The number of nitrogens with one attached hydrogen (secondary N) is 1. The van der Waals surface area contributed by atoms with E-state index in [0.717, 1.165) is 23.1 Å². The molecule has 1 aromatic heterocycles. The number of aromatic nitrogens is 2. The molecule has 0 spiro atoms. The van der Waals surface area contributed by atoms with Crippen LogP contribution in [0, 0.1) is 5.92 Å². The molecule has 0 unspecified atom stereocenters. The van der Waals surface area contributed by atoms with Gasteiger partial charge in [0.05, 0.1) is 12.7 Å². The van der Waals surface area contributed by atoms with Crippen molar-refractivity contribution in [2.75, 3.05) is 11.4 Å². The number of hydrazone groups is 1. The van der Waals surface area contributed by atoms with Crippen LogP contribution in [0.15, 0.2) is 29.5 Å². The van der Waals surface area contributed by atoms with Crippen molar-refractivity contribution in [3.63, 3.8) is 0 Å². The number of hydrogen-bond donors (Lipinski definition) is 4. The van der Waals surface area contributed by atoms with Gasteiger partial charge in [0.2, 0.25) is 5.91 Å². The van der Waals surface area contributed by atoms with Gasteiger partial charge in [-0.15, -0.1) is 9.94 Å². The Morgan fingerprint density at radius 3 is 3.00 bits per heavy atom. The highest BCUT2D eigenvalue weighted by molar-refractivity contribution is 6.02. The Morgan fingerprint density at radius 2 is 2.32 bits per heavy atom. The highest BCUT2D eigenvalue weighted by atomic mass is 16.5. The summed E-state index contributed by atoms with van der Waals surface area (Å²) in [7, 11) is 0. The summed E-state index contributed by atoms with van der Waals surface area (Å²) in [6.07, 6.45) is 3.30. The van der Waals surface area contributed by atoms with Crippen molar-refractivity contribution in [3.8, 4) is 0 Å². The molecule has 0 radical (unpaired) electrons. The second kappa shape index (κ2) is 5.53. The Kier molecular flexibility index (Phi) is 3.55. The number of carbonyl (C=O) groups is 1. The van der Waals surface area contributed by atoms with Gasteiger partial charge in [0.25, 0.3) is 0 Å². The van der Waals surface area contributed by atoms with Gasteiger partial charge in [-0.3, -0.25) is 4.79 Å². The van der Waals surface area contributed by atoms with Gasteiger partial charge in [0.1, 0.15) is 11.4 Å². The molecule has 1 heterocycles. The fourth-order valence-electron chi connectivity index (χ4n) is 2.30. The van der Waals surface area contributed by atoms with Gasteiger partial charge in [-0.25, -0.2) is 11.4 Å². The minimum Gasteiger partial charge on any atom is -0.411 e. The molecule has 0 atom stereocenters. The van der Waals surface area contributed by atoms with Crippen LogP contribution in [0.25, 0.3) is 10.9 Å². The lowest BCUT2D eigenvalue weighted by Gasteiger charge is -2.22. The second-order valence-corrected chi connectivity index (χ2v) is 5.21. The van der Waals surface area contributed by atoms with Crippen LogP contribution < -0.4 is 22.0 Å². The third-order valence-electron chi connectivity index (χ3n) is 3.57. The zero-order valence-electron chi connectivity index (χ0n) is 11.8. The number of fused-ring (bicyclic) bond motifs is 1. The van der Waals surface area contributed by atoms with Gasteiger partial charge in [0, 0.05) is 17.0 Å². The van der Waals surface area contributed by atoms with Crippen molar-refractivity contribution in [1.82, 2.24) is 15.5 Å². The maximum Gasteiger partial charge on any atom is 0.230 e. The minimum absolute atomic E-state index is 0.00547.